The quantitative estimate of drug-likeness (QED) is 0.874. The van der Waals surface area contributed by atoms with Crippen molar-refractivity contribution in [2.75, 3.05) is 19.6 Å². The first kappa shape index (κ1) is 13.0. The maximum absolute atomic E-state index is 13.5. The van der Waals surface area contributed by atoms with Gasteiger partial charge in [-0.05, 0) is 43.5 Å². The van der Waals surface area contributed by atoms with E-state index in [9.17, 15) is 13.6 Å². The Kier molecular flexibility index (Phi) is 3.91. The van der Waals surface area contributed by atoms with Crippen molar-refractivity contribution in [2.24, 2.45) is 11.7 Å². The molecule has 5 heteroatoms. The van der Waals surface area contributed by atoms with Crippen molar-refractivity contribution >= 4 is 5.91 Å². The molecule has 1 aromatic rings. The Morgan fingerprint density at radius 2 is 2.00 bits per heavy atom. The van der Waals surface area contributed by atoms with E-state index in [4.69, 9.17) is 5.73 Å². The lowest BCUT2D eigenvalue weighted by Gasteiger charge is -2.31. The zero-order valence-electron chi connectivity index (χ0n) is 10.0. The number of rotatable bonds is 2. The lowest BCUT2D eigenvalue weighted by atomic mass is 9.96. The van der Waals surface area contributed by atoms with Gasteiger partial charge in [0.25, 0.3) is 5.91 Å². The smallest absolute Gasteiger partial charge is 0.256 e. The highest BCUT2D eigenvalue weighted by molar-refractivity contribution is 5.94. The summed E-state index contributed by atoms with van der Waals surface area (Å²) in [4.78, 5) is 13.6. The first-order valence-electron chi connectivity index (χ1n) is 6.06. The summed E-state index contributed by atoms with van der Waals surface area (Å²) < 4.78 is 26.5. The maximum atomic E-state index is 13.5. The van der Waals surface area contributed by atoms with Crippen molar-refractivity contribution in [3.8, 4) is 0 Å². The van der Waals surface area contributed by atoms with Crippen LogP contribution in [0.1, 0.15) is 23.2 Å². The molecule has 3 nitrogen and oxygen atoms in total. The zero-order valence-corrected chi connectivity index (χ0v) is 10.0. The minimum absolute atomic E-state index is 0.193. The molecular formula is C13H16F2N2O. The van der Waals surface area contributed by atoms with Crippen LogP contribution in [-0.4, -0.2) is 30.4 Å². The second kappa shape index (κ2) is 5.44. The molecule has 1 aromatic carbocycles. The summed E-state index contributed by atoms with van der Waals surface area (Å²) in [6, 6.07) is 2.94. The van der Waals surface area contributed by atoms with Gasteiger partial charge in [-0.15, -0.1) is 0 Å². The number of benzene rings is 1. The maximum Gasteiger partial charge on any atom is 0.256 e. The summed E-state index contributed by atoms with van der Waals surface area (Å²) in [6.07, 6.45) is 1.64. The van der Waals surface area contributed by atoms with E-state index in [1.165, 1.54) is 0 Å². The highest BCUT2D eigenvalue weighted by atomic mass is 19.1. The minimum atomic E-state index is -0.678. The summed E-state index contributed by atoms with van der Waals surface area (Å²) in [5.41, 5.74) is 5.37. The number of likely N-dealkylation sites (tertiary alicyclic amines) is 1. The predicted molar refractivity (Wildman–Crippen MR) is 64.0 cm³/mol. The third-order valence-electron chi connectivity index (χ3n) is 3.39. The van der Waals surface area contributed by atoms with Gasteiger partial charge in [0, 0.05) is 13.1 Å². The number of piperidine rings is 1. The largest absolute Gasteiger partial charge is 0.339 e. The molecule has 0 aromatic heterocycles. The Hall–Kier alpha value is -1.49. The Labute approximate surface area is 105 Å². The molecule has 98 valence electrons. The van der Waals surface area contributed by atoms with Crippen LogP contribution in [0.15, 0.2) is 18.2 Å². The molecule has 18 heavy (non-hydrogen) atoms. The molecule has 0 atom stereocenters. The molecule has 0 bridgehead atoms. The fourth-order valence-corrected chi connectivity index (χ4v) is 2.20. The Balaban J connectivity index is 2.10. The summed E-state index contributed by atoms with van der Waals surface area (Å²) in [5.74, 6) is -1.30. The molecule has 1 saturated heterocycles. The normalized spacial score (nSPS) is 16.9. The summed E-state index contributed by atoms with van der Waals surface area (Å²) in [5, 5.41) is 0. The molecule has 1 amide bonds. The van der Waals surface area contributed by atoms with Gasteiger partial charge in [0.2, 0.25) is 0 Å². The van der Waals surface area contributed by atoms with Gasteiger partial charge in [0.1, 0.15) is 11.6 Å². The van der Waals surface area contributed by atoms with Crippen molar-refractivity contribution in [2.45, 2.75) is 12.8 Å². The number of halogens is 2. The fourth-order valence-electron chi connectivity index (χ4n) is 2.20. The molecule has 1 heterocycles. The van der Waals surface area contributed by atoms with Crippen LogP contribution < -0.4 is 5.73 Å². The lowest BCUT2D eigenvalue weighted by Crippen LogP contribution is -2.40. The third-order valence-corrected chi connectivity index (χ3v) is 3.39. The Morgan fingerprint density at radius 1 is 1.33 bits per heavy atom. The van der Waals surface area contributed by atoms with Gasteiger partial charge in [0.15, 0.2) is 0 Å². The van der Waals surface area contributed by atoms with Gasteiger partial charge in [-0.1, -0.05) is 0 Å². The molecule has 1 aliphatic heterocycles. The Morgan fingerprint density at radius 3 is 2.61 bits per heavy atom. The van der Waals surface area contributed by atoms with Crippen LogP contribution in [0.3, 0.4) is 0 Å². The van der Waals surface area contributed by atoms with Crippen LogP contribution in [0.4, 0.5) is 8.78 Å². The minimum Gasteiger partial charge on any atom is -0.339 e. The number of hydrogen-bond donors (Lipinski definition) is 1. The van der Waals surface area contributed by atoms with Crippen LogP contribution >= 0.6 is 0 Å². The van der Waals surface area contributed by atoms with Gasteiger partial charge >= 0.3 is 0 Å². The number of amides is 1. The number of nitrogens with two attached hydrogens (primary N) is 1. The van der Waals surface area contributed by atoms with Crippen molar-refractivity contribution in [3.63, 3.8) is 0 Å². The van der Waals surface area contributed by atoms with Crippen molar-refractivity contribution in [1.82, 2.24) is 4.90 Å². The number of nitrogens with zero attached hydrogens (tertiary/aromatic N) is 1. The topological polar surface area (TPSA) is 46.3 Å². The number of carbonyl (C=O) groups is 1. The fraction of sp³-hybridized carbons (Fsp3) is 0.462. The van der Waals surface area contributed by atoms with Crippen molar-refractivity contribution in [1.29, 1.82) is 0 Å². The van der Waals surface area contributed by atoms with Crippen molar-refractivity contribution in [3.05, 3.63) is 35.4 Å². The molecular weight excluding hydrogens is 238 g/mol. The molecule has 0 saturated carbocycles. The molecule has 0 aliphatic carbocycles. The SMILES string of the molecule is NCC1CCN(C(=O)c2cc(F)ccc2F)CC1. The van der Waals surface area contributed by atoms with E-state index in [1.807, 2.05) is 0 Å². The van der Waals surface area contributed by atoms with Crippen LogP contribution in [0.25, 0.3) is 0 Å². The standard InChI is InChI=1S/C13H16F2N2O/c14-10-1-2-12(15)11(7-10)13(18)17-5-3-9(8-16)4-6-17/h1-2,7,9H,3-6,8,16H2. The van der Waals surface area contributed by atoms with E-state index in [0.717, 1.165) is 31.0 Å². The van der Waals surface area contributed by atoms with Crippen LogP contribution in [0.5, 0.6) is 0 Å². The average molecular weight is 254 g/mol. The van der Waals surface area contributed by atoms with E-state index in [-0.39, 0.29) is 5.56 Å². The third kappa shape index (κ3) is 2.67. The van der Waals surface area contributed by atoms with Crippen molar-refractivity contribution < 1.29 is 13.6 Å². The Bertz CT molecular complexity index is 443. The van der Waals surface area contributed by atoms with Gasteiger partial charge in [-0.3, -0.25) is 4.79 Å². The van der Waals surface area contributed by atoms with E-state index in [2.05, 4.69) is 0 Å². The van der Waals surface area contributed by atoms with Gasteiger partial charge in [0.05, 0.1) is 5.56 Å². The van der Waals surface area contributed by atoms with Crippen LogP contribution in [0, 0.1) is 17.6 Å². The van der Waals surface area contributed by atoms with Crippen LogP contribution in [0.2, 0.25) is 0 Å². The van der Waals surface area contributed by atoms with Crippen LogP contribution in [-0.2, 0) is 0 Å². The van der Waals surface area contributed by atoms with E-state index < -0.39 is 17.5 Å². The molecule has 2 N–H and O–H groups in total. The monoisotopic (exact) mass is 254 g/mol. The highest BCUT2D eigenvalue weighted by Gasteiger charge is 2.24. The first-order valence-corrected chi connectivity index (χ1v) is 6.06. The molecule has 0 spiro atoms. The second-order valence-electron chi connectivity index (χ2n) is 4.60. The number of hydrogen-bond acceptors (Lipinski definition) is 2. The first-order chi connectivity index (χ1) is 8.61. The zero-order chi connectivity index (χ0) is 13.1. The molecule has 2 rings (SSSR count). The van der Waals surface area contributed by atoms with Gasteiger partial charge in [-0.25, -0.2) is 8.78 Å². The molecule has 1 fully saturated rings. The molecule has 1 aliphatic rings. The molecule has 0 radical (unpaired) electrons. The summed E-state index contributed by atoms with van der Waals surface area (Å²) in [6.45, 7) is 1.71. The van der Waals surface area contributed by atoms with E-state index in [0.29, 0.717) is 25.6 Å². The van der Waals surface area contributed by atoms with E-state index in [1.54, 1.807) is 4.90 Å². The summed E-state index contributed by atoms with van der Waals surface area (Å²) >= 11 is 0. The average Bonchev–Trinajstić information content (AvgIpc) is 2.41. The van der Waals surface area contributed by atoms with Gasteiger partial charge in [-0.2, -0.15) is 0 Å². The van der Waals surface area contributed by atoms with Gasteiger partial charge < -0.3 is 10.6 Å². The van der Waals surface area contributed by atoms with E-state index >= 15 is 0 Å². The predicted octanol–water partition coefficient (Wildman–Crippen LogP) is 1.78. The highest BCUT2D eigenvalue weighted by Crippen LogP contribution is 2.19. The molecule has 0 unspecified atom stereocenters. The second-order valence-corrected chi connectivity index (χ2v) is 4.60. The summed E-state index contributed by atoms with van der Waals surface area (Å²) in [7, 11) is 0. The number of carbonyl (C=O) groups excluding carboxylic acids is 1. The lowest BCUT2D eigenvalue weighted by molar-refractivity contribution is 0.0688.